The van der Waals surface area contributed by atoms with Crippen molar-refractivity contribution in [2.45, 2.75) is 245 Å². The summed E-state index contributed by atoms with van der Waals surface area (Å²) in [5.74, 6) is -0.726. The third-order valence-electron chi connectivity index (χ3n) is 9.83. The maximum Gasteiger partial charge on any atom is 0.306 e. The Morgan fingerprint density at radius 2 is 0.800 bits per heavy atom. The van der Waals surface area contributed by atoms with Crippen LogP contribution in [0, 0.1) is 0 Å². The van der Waals surface area contributed by atoms with Gasteiger partial charge in [-0.05, 0) is 89.9 Å². The average Bonchev–Trinajstić information content (AvgIpc) is 3.10. The summed E-state index contributed by atoms with van der Waals surface area (Å²) in [5.41, 5.74) is 0. The van der Waals surface area contributed by atoms with Crippen molar-refractivity contribution >= 4 is 11.9 Å². The molecule has 1 atom stereocenters. The number of allylic oxidation sites excluding steroid dienone is 6. The Morgan fingerprint density at radius 3 is 1.28 bits per heavy atom. The Morgan fingerprint density at radius 1 is 0.440 bits per heavy atom. The highest BCUT2D eigenvalue weighted by molar-refractivity contribution is 5.69. The van der Waals surface area contributed by atoms with E-state index in [1.807, 2.05) is 0 Å². The zero-order chi connectivity index (χ0) is 36.4. The van der Waals surface area contributed by atoms with Crippen LogP contribution in [0.3, 0.4) is 0 Å². The lowest BCUT2D eigenvalue weighted by Gasteiger charge is -2.18. The Balaban J connectivity index is 4.02. The third-order valence-corrected chi connectivity index (χ3v) is 9.83. The van der Waals surface area contributed by atoms with Gasteiger partial charge in [-0.15, -0.1) is 0 Å². The lowest BCUT2D eigenvalue weighted by Crippen LogP contribution is -2.18. The van der Waals surface area contributed by atoms with Crippen molar-refractivity contribution in [3.63, 3.8) is 0 Å². The summed E-state index contributed by atoms with van der Waals surface area (Å²) in [6.07, 6.45) is 54.6. The van der Waals surface area contributed by atoms with Gasteiger partial charge in [-0.3, -0.25) is 9.59 Å². The number of carboxylic acids is 1. The Hall–Kier alpha value is -1.84. The lowest BCUT2D eigenvalue weighted by molar-refractivity contribution is -0.150. The summed E-state index contributed by atoms with van der Waals surface area (Å²) in [7, 11) is 0. The first-order valence-corrected chi connectivity index (χ1v) is 22.0. The first kappa shape index (κ1) is 48.2. The van der Waals surface area contributed by atoms with Gasteiger partial charge < -0.3 is 9.84 Å². The Labute approximate surface area is 311 Å². The second-order valence-corrected chi connectivity index (χ2v) is 14.9. The second kappa shape index (κ2) is 41.6. The van der Waals surface area contributed by atoms with Crippen LogP contribution in [0.2, 0.25) is 0 Å². The van der Waals surface area contributed by atoms with Gasteiger partial charge in [0.1, 0.15) is 6.10 Å². The molecular weight excluding hydrogens is 617 g/mol. The molecule has 4 nitrogen and oxygen atoms in total. The van der Waals surface area contributed by atoms with Crippen molar-refractivity contribution in [3.05, 3.63) is 36.5 Å². The minimum Gasteiger partial charge on any atom is -0.481 e. The zero-order valence-electron chi connectivity index (χ0n) is 33.5. The summed E-state index contributed by atoms with van der Waals surface area (Å²) >= 11 is 0. The smallest absolute Gasteiger partial charge is 0.306 e. The first-order chi connectivity index (χ1) is 24.6. The van der Waals surface area contributed by atoms with E-state index in [0.29, 0.717) is 6.42 Å². The molecule has 1 unspecified atom stereocenters. The van der Waals surface area contributed by atoms with Crippen molar-refractivity contribution in [3.8, 4) is 0 Å². The summed E-state index contributed by atoms with van der Waals surface area (Å²) in [4.78, 5) is 23.4. The number of carbonyl (C=O) groups is 2. The van der Waals surface area contributed by atoms with Gasteiger partial charge in [-0.1, -0.05) is 172 Å². The van der Waals surface area contributed by atoms with Crippen LogP contribution in [0.15, 0.2) is 36.5 Å². The first-order valence-electron chi connectivity index (χ1n) is 22.0. The normalized spacial score (nSPS) is 12.5. The quantitative estimate of drug-likeness (QED) is 0.0393. The molecule has 0 saturated carbocycles. The van der Waals surface area contributed by atoms with E-state index in [-0.39, 0.29) is 18.5 Å². The maximum absolute atomic E-state index is 12.7. The van der Waals surface area contributed by atoms with Gasteiger partial charge in [0.05, 0.1) is 0 Å². The van der Waals surface area contributed by atoms with Crippen LogP contribution in [0.5, 0.6) is 0 Å². The standard InChI is InChI=1S/C46H84O4/c1-3-5-7-9-11-13-15-17-18-19-20-21-22-24-26-28-30-35-39-43-46(49)50-44(41-37-33-31-34-38-42-45(47)48)40-36-32-29-27-25-23-16-14-12-10-8-6-4-2/h16-18,23,27,29,44H,3-15,19-22,24-26,28,30-43H2,1-2H3,(H,47,48)/b18-17-,23-16-,29-27-. The summed E-state index contributed by atoms with van der Waals surface area (Å²) < 4.78 is 6.00. The number of aliphatic carboxylic acids is 1. The molecule has 1 N–H and O–H groups in total. The molecule has 0 aromatic heterocycles. The summed E-state index contributed by atoms with van der Waals surface area (Å²) in [6, 6.07) is 0. The molecule has 0 saturated heterocycles. The predicted molar refractivity (Wildman–Crippen MR) is 218 cm³/mol. The number of ether oxygens (including phenoxy) is 1. The number of hydrogen-bond donors (Lipinski definition) is 1. The highest BCUT2D eigenvalue weighted by atomic mass is 16.5. The molecule has 0 bridgehead atoms. The third kappa shape index (κ3) is 40.6. The van der Waals surface area contributed by atoms with Crippen molar-refractivity contribution in [2.75, 3.05) is 0 Å². The van der Waals surface area contributed by atoms with Gasteiger partial charge in [0.25, 0.3) is 0 Å². The molecule has 292 valence electrons. The van der Waals surface area contributed by atoms with E-state index in [1.54, 1.807) is 0 Å². The van der Waals surface area contributed by atoms with Crippen molar-refractivity contribution in [2.24, 2.45) is 0 Å². The molecule has 0 aliphatic heterocycles. The molecule has 0 aliphatic carbocycles. The highest BCUT2D eigenvalue weighted by Crippen LogP contribution is 2.18. The maximum atomic E-state index is 12.7. The largest absolute Gasteiger partial charge is 0.481 e. The molecule has 0 aromatic carbocycles. The van der Waals surface area contributed by atoms with E-state index in [2.05, 4.69) is 50.3 Å². The molecule has 0 amide bonds. The van der Waals surface area contributed by atoms with Gasteiger partial charge >= 0.3 is 11.9 Å². The van der Waals surface area contributed by atoms with Gasteiger partial charge in [0.15, 0.2) is 0 Å². The van der Waals surface area contributed by atoms with Gasteiger partial charge in [0.2, 0.25) is 0 Å². The number of unbranched alkanes of at least 4 members (excludes halogenated alkanes) is 25. The van der Waals surface area contributed by atoms with Crippen LogP contribution < -0.4 is 0 Å². The minimum absolute atomic E-state index is 0.0123. The number of carboxylic acid groups (broad SMARTS) is 1. The zero-order valence-corrected chi connectivity index (χ0v) is 33.5. The fourth-order valence-corrected chi connectivity index (χ4v) is 6.57. The second-order valence-electron chi connectivity index (χ2n) is 14.9. The Kier molecular flexibility index (Phi) is 40.0. The van der Waals surface area contributed by atoms with Crippen LogP contribution in [-0.4, -0.2) is 23.1 Å². The molecule has 0 fully saturated rings. The molecule has 0 aromatic rings. The van der Waals surface area contributed by atoms with E-state index < -0.39 is 5.97 Å². The summed E-state index contributed by atoms with van der Waals surface area (Å²) in [6.45, 7) is 4.54. The molecule has 4 heteroatoms. The van der Waals surface area contributed by atoms with Crippen molar-refractivity contribution < 1.29 is 19.4 Å². The molecule has 0 aliphatic rings. The SMILES string of the molecule is CCCCCCC/C=C\C/C=C\CCCC(CCCCCCCC(=O)O)OC(=O)CCCCCCCCCCC/C=C\CCCCCCCC. The molecule has 0 spiro atoms. The number of carbonyl (C=O) groups excluding carboxylic acids is 1. The predicted octanol–water partition coefficient (Wildman–Crippen LogP) is 15.3. The van der Waals surface area contributed by atoms with E-state index in [0.717, 1.165) is 77.0 Å². The van der Waals surface area contributed by atoms with Crippen LogP contribution >= 0.6 is 0 Å². The van der Waals surface area contributed by atoms with Crippen LogP contribution in [0.4, 0.5) is 0 Å². The molecule has 0 heterocycles. The molecule has 0 radical (unpaired) electrons. The Bertz CT molecular complexity index is 798. The molecule has 50 heavy (non-hydrogen) atoms. The highest BCUT2D eigenvalue weighted by Gasteiger charge is 2.14. The van der Waals surface area contributed by atoms with Gasteiger partial charge in [-0.25, -0.2) is 0 Å². The number of esters is 1. The topological polar surface area (TPSA) is 63.6 Å². The molecule has 0 rings (SSSR count). The average molecular weight is 701 g/mol. The van der Waals surface area contributed by atoms with Gasteiger partial charge in [0, 0.05) is 12.8 Å². The van der Waals surface area contributed by atoms with Crippen molar-refractivity contribution in [1.29, 1.82) is 0 Å². The van der Waals surface area contributed by atoms with Crippen LogP contribution in [0.25, 0.3) is 0 Å². The molecular formula is C46H84O4. The van der Waals surface area contributed by atoms with E-state index in [4.69, 9.17) is 9.84 Å². The minimum atomic E-state index is -0.706. The van der Waals surface area contributed by atoms with Crippen molar-refractivity contribution in [1.82, 2.24) is 0 Å². The fourth-order valence-electron chi connectivity index (χ4n) is 6.57. The van der Waals surface area contributed by atoms with E-state index in [9.17, 15) is 9.59 Å². The fraction of sp³-hybridized carbons (Fsp3) is 0.826. The van der Waals surface area contributed by atoms with Crippen LogP contribution in [0.1, 0.15) is 239 Å². The lowest BCUT2D eigenvalue weighted by atomic mass is 10.0. The monoisotopic (exact) mass is 701 g/mol. The summed E-state index contributed by atoms with van der Waals surface area (Å²) in [5, 5.41) is 8.83. The van der Waals surface area contributed by atoms with Gasteiger partial charge in [-0.2, -0.15) is 0 Å². The number of rotatable bonds is 40. The van der Waals surface area contributed by atoms with Crippen LogP contribution in [-0.2, 0) is 14.3 Å². The van der Waals surface area contributed by atoms with E-state index >= 15 is 0 Å². The van der Waals surface area contributed by atoms with E-state index in [1.165, 1.54) is 135 Å². The number of hydrogen-bond acceptors (Lipinski definition) is 3.